The van der Waals surface area contributed by atoms with Crippen LogP contribution in [0.2, 0.25) is 0 Å². The van der Waals surface area contributed by atoms with Gasteiger partial charge < -0.3 is 18.8 Å². The molecule has 0 bridgehead atoms. The number of halogens is 1. The number of carbonyl (C=O) groups excluding carboxylic acids is 2. The van der Waals surface area contributed by atoms with Crippen LogP contribution < -0.4 is 9.47 Å². The minimum Gasteiger partial charge on any atom is -0.497 e. The molecule has 33 heavy (non-hydrogen) atoms. The van der Waals surface area contributed by atoms with Gasteiger partial charge in [0.1, 0.15) is 11.5 Å². The van der Waals surface area contributed by atoms with Crippen LogP contribution in [0.25, 0.3) is 16.6 Å². The van der Waals surface area contributed by atoms with Gasteiger partial charge in [0.05, 0.1) is 35.0 Å². The normalized spacial score (nSPS) is 11.1. The average molecular weight is 517 g/mol. The number of rotatable bonds is 9. The average Bonchev–Trinajstić information content (AvgIpc) is 3.10. The molecule has 1 aromatic heterocycles. The summed E-state index contributed by atoms with van der Waals surface area (Å²) in [4.78, 5) is 27.1. The Hall–Kier alpha value is -2.84. The number of aromatic nitrogens is 1. The number of carbonyl (C=O) groups is 2. The van der Waals surface area contributed by atoms with Crippen molar-refractivity contribution in [2.45, 2.75) is 34.2 Å². The molecule has 7 nitrogen and oxygen atoms in total. The molecule has 1 heterocycles. The fourth-order valence-corrected chi connectivity index (χ4v) is 4.25. The van der Waals surface area contributed by atoms with Crippen molar-refractivity contribution in [1.29, 1.82) is 0 Å². The van der Waals surface area contributed by atoms with Gasteiger partial charge in [0.2, 0.25) is 0 Å². The maximum absolute atomic E-state index is 13.2. The number of hydrogen-bond donors (Lipinski definition) is 0. The van der Waals surface area contributed by atoms with E-state index < -0.39 is 11.9 Å². The second-order valence-electron chi connectivity index (χ2n) is 7.43. The number of ether oxygens (including phenoxy) is 3. The van der Waals surface area contributed by atoms with Crippen LogP contribution in [0.5, 0.6) is 11.5 Å². The van der Waals surface area contributed by atoms with E-state index in [2.05, 4.69) is 39.2 Å². The van der Waals surface area contributed by atoms with Gasteiger partial charge in [-0.1, -0.05) is 13.8 Å². The van der Waals surface area contributed by atoms with E-state index in [1.165, 1.54) is 6.92 Å². The van der Waals surface area contributed by atoms with E-state index in [1.54, 1.807) is 20.1 Å². The lowest BCUT2D eigenvalue weighted by Gasteiger charge is -2.21. The first-order valence-corrected chi connectivity index (χ1v) is 11.7. The second kappa shape index (κ2) is 10.9. The van der Waals surface area contributed by atoms with Crippen molar-refractivity contribution in [2.75, 3.05) is 26.8 Å². The monoisotopic (exact) mass is 516 g/mol. The third-order valence-corrected chi connectivity index (χ3v) is 6.07. The molecule has 0 atom stereocenters. The van der Waals surface area contributed by atoms with Gasteiger partial charge in [0.25, 0.3) is 0 Å². The molecule has 0 fully saturated rings. The van der Waals surface area contributed by atoms with Crippen molar-refractivity contribution in [2.24, 2.45) is 0 Å². The van der Waals surface area contributed by atoms with E-state index in [0.717, 1.165) is 35.7 Å². The summed E-state index contributed by atoms with van der Waals surface area (Å²) in [6.45, 7) is 9.75. The van der Waals surface area contributed by atoms with Crippen LogP contribution in [0, 0.1) is 0 Å². The highest BCUT2D eigenvalue weighted by Crippen LogP contribution is 2.38. The van der Waals surface area contributed by atoms with Gasteiger partial charge >= 0.3 is 11.9 Å². The summed E-state index contributed by atoms with van der Waals surface area (Å²) in [7, 11) is 1.62. The lowest BCUT2D eigenvalue weighted by Crippen LogP contribution is -2.25. The quantitative estimate of drug-likeness (QED) is 0.282. The molecule has 0 N–H and O–H groups in total. The number of nitrogens with zero attached hydrogens (tertiary/aromatic N) is 2. The molecule has 176 valence electrons. The molecule has 0 saturated carbocycles. The Morgan fingerprint density at radius 2 is 1.73 bits per heavy atom. The smallest absolute Gasteiger partial charge is 0.340 e. The Morgan fingerprint density at radius 3 is 2.27 bits per heavy atom. The molecular formula is C25H29BrN2O5. The minimum atomic E-state index is -0.439. The van der Waals surface area contributed by atoms with Gasteiger partial charge in [-0.2, -0.15) is 0 Å². The van der Waals surface area contributed by atoms with Crippen molar-refractivity contribution >= 4 is 38.8 Å². The molecule has 0 amide bonds. The molecule has 0 aliphatic carbocycles. The molecule has 8 heteroatoms. The van der Waals surface area contributed by atoms with Gasteiger partial charge in [-0.3, -0.25) is 9.69 Å². The third-order valence-electron chi connectivity index (χ3n) is 5.45. The van der Waals surface area contributed by atoms with Crippen molar-refractivity contribution in [1.82, 2.24) is 9.47 Å². The van der Waals surface area contributed by atoms with E-state index in [0.29, 0.717) is 27.7 Å². The molecule has 0 unspecified atom stereocenters. The van der Waals surface area contributed by atoms with E-state index in [4.69, 9.17) is 14.2 Å². The summed E-state index contributed by atoms with van der Waals surface area (Å²) in [5, 5.41) is 0.658. The van der Waals surface area contributed by atoms with E-state index in [1.807, 2.05) is 30.3 Å². The molecular weight excluding hydrogens is 488 g/mol. The molecule has 3 rings (SSSR count). The van der Waals surface area contributed by atoms with Crippen molar-refractivity contribution < 1.29 is 23.8 Å². The number of methoxy groups -OCH3 is 1. The Morgan fingerprint density at radius 1 is 1.06 bits per heavy atom. The summed E-state index contributed by atoms with van der Waals surface area (Å²) in [6.07, 6.45) is 0. The number of esters is 2. The SMILES string of the molecule is CCOC(=O)c1c(CN(CC)CC)n(-c2ccc(OC)cc2)c2cc(Br)c(OC(C)=O)cc12. The molecule has 0 radical (unpaired) electrons. The first-order valence-electron chi connectivity index (χ1n) is 10.9. The Bertz CT molecular complexity index is 1150. The standard InChI is InChI=1S/C25H29BrN2O5/c1-6-27(7-2)15-22-24(25(30)32-8-3)19-13-23(33-16(4)29)20(26)14-21(19)28(22)17-9-11-18(31-5)12-10-17/h9-14H,6-8,15H2,1-5H3. The predicted octanol–water partition coefficient (Wildman–Crippen LogP) is 5.35. The largest absolute Gasteiger partial charge is 0.497 e. The van der Waals surface area contributed by atoms with E-state index >= 15 is 0 Å². The second-order valence-corrected chi connectivity index (χ2v) is 8.28. The van der Waals surface area contributed by atoms with Crippen LogP contribution in [0.4, 0.5) is 0 Å². The molecule has 3 aromatic rings. The highest BCUT2D eigenvalue weighted by atomic mass is 79.9. The molecule has 0 spiro atoms. The Balaban J connectivity index is 2.39. The maximum Gasteiger partial charge on any atom is 0.340 e. The maximum atomic E-state index is 13.2. The summed E-state index contributed by atoms with van der Waals surface area (Å²) in [5.41, 5.74) is 2.96. The lowest BCUT2D eigenvalue weighted by molar-refractivity contribution is -0.131. The van der Waals surface area contributed by atoms with Crippen LogP contribution in [0.3, 0.4) is 0 Å². The fourth-order valence-electron chi connectivity index (χ4n) is 3.84. The molecule has 0 saturated heterocycles. The topological polar surface area (TPSA) is 70.0 Å². The van der Waals surface area contributed by atoms with Crippen molar-refractivity contribution in [3.05, 3.63) is 52.1 Å². The van der Waals surface area contributed by atoms with Gasteiger partial charge in [0.15, 0.2) is 0 Å². The summed E-state index contributed by atoms with van der Waals surface area (Å²) < 4.78 is 18.8. The van der Waals surface area contributed by atoms with Crippen LogP contribution in [-0.2, 0) is 16.1 Å². The van der Waals surface area contributed by atoms with Crippen LogP contribution in [-0.4, -0.2) is 48.2 Å². The van der Waals surface area contributed by atoms with Crippen molar-refractivity contribution in [3.63, 3.8) is 0 Å². The molecule has 0 aliphatic heterocycles. The first kappa shape index (κ1) is 24.8. The highest BCUT2D eigenvalue weighted by molar-refractivity contribution is 9.10. The zero-order valence-electron chi connectivity index (χ0n) is 19.6. The van der Waals surface area contributed by atoms with Crippen molar-refractivity contribution in [3.8, 4) is 17.2 Å². The van der Waals surface area contributed by atoms with Gasteiger partial charge in [-0.05, 0) is 72.3 Å². The van der Waals surface area contributed by atoms with Gasteiger partial charge in [-0.15, -0.1) is 0 Å². The Labute approximate surface area is 202 Å². The molecule has 2 aromatic carbocycles. The van der Waals surface area contributed by atoms with Crippen LogP contribution in [0.1, 0.15) is 43.7 Å². The van der Waals surface area contributed by atoms with Gasteiger partial charge in [0, 0.05) is 24.5 Å². The summed E-state index contributed by atoms with van der Waals surface area (Å²) in [5.74, 6) is 0.241. The first-order chi connectivity index (χ1) is 15.8. The fraction of sp³-hybridized carbons (Fsp3) is 0.360. The number of hydrogen-bond acceptors (Lipinski definition) is 6. The Kier molecular flexibility index (Phi) is 8.15. The minimum absolute atomic E-state index is 0.256. The number of benzene rings is 2. The lowest BCUT2D eigenvalue weighted by atomic mass is 10.1. The summed E-state index contributed by atoms with van der Waals surface area (Å²) >= 11 is 3.52. The van der Waals surface area contributed by atoms with Gasteiger partial charge in [-0.25, -0.2) is 4.79 Å². The summed E-state index contributed by atoms with van der Waals surface area (Å²) in [6, 6.07) is 11.3. The predicted molar refractivity (Wildman–Crippen MR) is 131 cm³/mol. The number of fused-ring (bicyclic) bond motifs is 1. The third kappa shape index (κ3) is 5.23. The van der Waals surface area contributed by atoms with E-state index in [9.17, 15) is 9.59 Å². The zero-order valence-corrected chi connectivity index (χ0v) is 21.2. The van der Waals surface area contributed by atoms with Crippen LogP contribution in [0.15, 0.2) is 40.9 Å². The van der Waals surface area contributed by atoms with E-state index in [-0.39, 0.29) is 6.61 Å². The van der Waals surface area contributed by atoms with Crippen LogP contribution >= 0.6 is 15.9 Å². The highest BCUT2D eigenvalue weighted by Gasteiger charge is 2.27. The molecule has 0 aliphatic rings. The zero-order chi connectivity index (χ0) is 24.1.